The van der Waals surface area contributed by atoms with Crippen molar-refractivity contribution in [3.63, 3.8) is 0 Å². The molecule has 1 aliphatic heterocycles. The molecular weight excluding hydrogens is 278 g/mol. The molecule has 5 N–H and O–H groups in total. The van der Waals surface area contributed by atoms with Gasteiger partial charge in [-0.1, -0.05) is 18.2 Å². The van der Waals surface area contributed by atoms with E-state index in [9.17, 15) is 4.79 Å². The van der Waals surface area contributed by atoms with Crippen molar-refractivity contribution >= 4 is 5.91 Å². The van der Waals surface area contributed by atoms with E-state index in [-0.39, 0.29) is 6.04 Å². The predicted molar refractivity (Wildman–Crippen MR) is 84.1 cm³/mol. The number of carbonyl (C=O) groups is 1. The Bertz CT molecular complexity index is 605. The molecule has 116 valence electrons. The number of carbonyl (C=O) groups excluding carboxylic acids is 1. The van der Waals surface area contributed by atoms with Gasteiger partial charge in [-0.15, -0.1) is 0 Å². The molecular formula is C16H21N5O. The Balaban J connectivity index is 2.11. The largest absolute Gasteiger partial charge is 0.367 e. The topological polar surface area (TPSA) is 108 Å². The molecule has 0 bridgehead atoms. The van der Waals surface area contributed by atoms with E-state index in [0.717, 1.165) is 24.9 Å². The van der Waals surface area contributed by atoms with Gasteiger partial charge in [-0.05, 0) is 24.5 Å². The van der Waals surface area contributed by atoms with Crippen LogP contribution in [0.5, 0.6) is 0 Å². The third kappa shape index (κ3) is 4.24. The number of benzene rings is 1. The summed E-state index contributed by atoms with van der Waals surface area (Å²) >= 11 is 0. The van der Waals surface area contributed by atoms with Crippen LogP contribution in [0.25, 0.3) is 0 Å². The Labute approximate surface area is 130 Å². The molecule has 1 aromatic rings. The van der Waals surface area contributed by atoms with E-state index >= 15 is 0 Å². The molecule has 2 rings (SSSR count). The number of primary amides is 1. The number of hydrogen-bond acceptors (Lipinski definition) is 5. The number of rotatable bonds is 5. The first-order valence-corrected chi connectivity index (χ1v) is 7.33. The maximum Gasteiger partial charge on any atom is 0.245 e. The molecule has 0 aliphatic carbocycles. The lowest BCUT2D eigenvalue weighted by molar-refractivity contribution is -0.113. The van der Waals surface area contributed by atoms with Crippen LogP contribution >= 0.6 is 0 Å². The van der Waals surface area contributed by atoms with Crippen molar-refractivity contribution in [1.29, 1.82) is 5.26 Å². The first-order chi connectivity index (χ1) is 10.6. The summed E-state index contributed by atoms with van der Waals surface area (Å²) in [6.45, 7) is 1.97. The Hall–Kier alpha value is -2.52. The number of nitriles is 1. The molecule has 0 radical (unpaired) electrons. The Morgan fingerprint density at radius 1 is 1.50 bits per heavy atom. The number of piperidine rings is 1. The zero-order valence-electron chi connectivity index (χ0n) is 12.5. The van der Waals surface area contributed by atoms with Gasteiger partial charge >= 0.3 is 0 Å². The van der Waals surface area contributed by atoms with Gasteiger partial charge in [0.2, 0.25) is 5.91 Å². The number of likely N-dealkylation sites (tertiary alicyclic amines) is 1. The van der Waals surface area contributed by atoms with E-state index < -0.39 is 5.91 Å². The highest BCUT2D eigenvalue weighted by Crippen LogP contribution is 2.14. The van der Waals surface area contributed by atoms with E-state index in [0.29, 0.717) is 24.5 Å². The molecule has 1 aliphatic rings. The van der Waals surface area contributed by atoms with Crippen molar-refractivity contribution in [2.24, 2.45) is 11.5 Å². The van der Waals surface area contributed by atoms with Gasteiger partial charge < -0.3 is 21.7 Å². The van der Waals surface area contributed by atoms with Gasteiger partial charge in [0.25, 0.3) is 0 Å². The molecule has 1 fully saturated rings. The normalized spacial score (nSPS) is 18.6. The smallest absolute Gasteiger partial charge is 0.245 e. The van der Waals surface area contributed by atoms with Gasteiger partial charge in [-0.3, -0.25) is 4.79 Å². The summed E-state index contributed by atoms with van der Waals surface area (Å²) in [5.74, 6) is 0.158. The van der Waals surface area contributed by atoms with Crippen LogP contribution in [0.2, 0.25) is 0 Å². The molecule has 1 atom stereocenters. The van der Waals surface area contributed by atoms with E-state index in [4.69, 9.17) is 16.7 Å². The monoisotopic (exact) mass is 299 g/mol. The summed E-state index contributed by atoms with van der Waals surface area (Å²) < 4.78 is 0. The zero-order valence-corrected chi connectivity index (χ0v) is 12.5. The van der Waals surface area contributed by atoms with Crippen molar-refractivity contribution < 1.29 is 4.79 Å². The lowest BCUT2D eigenvalue weighted by atomic mass is 10.1. The van der Waals surface area contributed by atoms with Crippen LogP contribution in [0, 0.1) is 11.3 Å². The average molecular weight is 299 g/mol. The molecule has 0 unspecified atom stereocenters. The van der Waals surface area contributed by atoms with Crippen LogP contribution in [0.3, 0.4) is 0 Å². The number of amides is 1. The highest BCUT2D eigenvalue weighted by molar-refractivity contribution is 5.86. The van der Waals surface area contributed by atoms with E-state index in [1.165, 1.54) is 6.08 Å². The minimum absolute atomic E-state index is 0.0956. The lowest BCUT2D eigenvalue weighted by Crippen LogP contribution is -2.45. The molecule has 0 saturated carbocycles. The fourth-order valence-electron chi connectivity index (χ4n) is 2.59. The Kier molecular flexibility index (Phi) is 5.39. The summed E-state index contributed by atoms with van der Waals surface area (Å²) in [5, 5.41) is 12.3. The third-order valence-corrected chi connectivity index (χ3v) is 3.68. The second kappa shape index (κ2) is 7.48. The molecule has 22 heavy (non-hydrogen) atoms. The Morgan fingerprint density at radius 2 is 2.27 bits per heavy atom. The predicted octanol–water partition coefficient (Wildman–Crippen LogP) is 0.398. The summed E-state index contributed by atoms with van der Waals surface area (Å²) in [6, 6.07) is 9.62. The Morgan fingerprint density at radius 3 is 2.95 bits per heavy atom. The van der Waals surface area contributed by atoms with Crippen molar-refractivity contribution in [2.45, 2.75) is 25.4 Å². The van der Waals surface area contributed by atoms with E-state index in [2.05, 4.69) is 11.4 Å². The summed E-state index contributed by atoms with van der Waals surface area (Å²) in [6.07, 6.45) is 3.35. The lowest BCUT2D eigenvalue weighted by Gasteiger charge is -2.34. The molecule has 1 saturated heterocycles. The van der Waals surface area contributed by atoms with Crippen LogP contribution in [0.1, 0.15) is 24.0 Å². The van der Waals surface area contributed by atoms with Gasteiger partial charge in [0, 0.05) is 31.8 Å². The van der Waals surface area contributed by atoms with Gasteiger partial charge in [-0.25, -0.2) is 0 Å². The molecule has 0 spiro atoms. The number of nitrogens with one attached hydrogen (secondary N) is 1. The maximum absolute atomic E-state index is 11.3. The van der Waals surface area contributed by atoms with Gasteiger partial charge in [0.15, 0.2) is 0 Å². The number of hydrogen-bond donors (Lipinski definition) is 3. The first kappa shape index (κ1) is 15.9. The fraction of sp³-hybridized carbons (Fsp3) is 0.375. The van der Waals surface area contributed by atoms with Crippen LogP contribution in [-0.4, -0.2) is 29.9 Å². The van der Waals surface area contributed by atoms with Gasteiger partial charge in [0.05, 0.1) is 11.6 Å². The molecule has 0 aromatic heterocycles. The minimum Gasteiger partial charge on any atom is -0.367 e. The van der Waals surface area contributed by atoms with Crippen molar-refractivity contribution in [3.05, 3.63) is 47.3 Å². The van der Waals surface area contributed by atoms with Crippen molar-refractivity contribution in [2.75, 3.05) is 13.1 Å². The third-order valence-electron chi connectivity index (χ3n) is 3.68. The molecule has 1 amide bonds. The molecule has 6 nitrogen and oxygen atoms in total. The fourth-order valence-corrected chi connectivity index (χ4v) is 2.59. The number of nitrogens with two attached hydrogens (primary N) is 2. The minimum atomic E-state index is -0.504. The highest BCUT2D eigenvalue weighted by atomic mass is 16.1. The molecule has 6 heteroatoms. The average Bonchev–Trinajstić information content (AvgIpc) is 2.51. The highest BCUT2D eigenvalue weighted by Gasteiger charge is 2.19. The summed E-state index contributed by atoms with van der Waals surface area (Å²) in [7, 11) is 0. The van der Waals surface area contributed by atoms with Crippen LogP contribution < -0.4 is 16.8 Å². The van der Waals surface area contributed by atoms with Gasteiger partial charge in [0.1, 0.15) is 5.82 Å². The second-order valence-corrected chi connectivity index (χ2v) is 5.40. The van der Waals surface area contributed by atoms with E-state index in [1.54, 1.807) is 6.07 Å². The zero-order chi connectivity index (χ0) is 15.9. The van der Waals surface area contributed by atoms with E-state index in [1.807, 2.05) is 23.1 Å². The number of nitrogens with zero attached hydrogens (tertiary/aromatic N) is 2. The molecule has 1 heterocycles. The van der Waals surface area contributed by atoms with Crippen LogP contribution in [0.15, 0.2) is 36.2 Å². The van der Waals surface area contributed by atoms with Crippen molar-refractivity contribution in [1.82, 2.24) is 10.2 Å². The van der Waals surface area contributed by atoms with Crippen LogP contribution in [-0.2, 0) is 11.3 Å². The molecule has 1 aromatic carbocycles. The van der Waals surface area contributed by atoms with Crippen molar-refractivity contribution in [3.8, 4) is 6.07 Å². The van der Waals surface area contributed by atoms with Gasteiger partial charge in [-0.2, -0.15) is 5.26 Å². The maximum atomic E-state index is 11.3. The summed E-state index contributed by atoms with van der Waals surface area (Å²) in [5.41, 5.74) is 12.8. The SMILES string of the molecule is N#Cc1ccccc1CN/C(=C\C(N)=O)N1CCC[C@@H](N)C1. The first-order valence-electron chi connectivity index (χ1n) is 7.33. The quantitative estimate of drug-likeness (QED) is 0.682. The standard InChI is InChI=1S/C16H21N5O/c17-9-12-4-1-2-5-13(12)10-20-16(8-15(19)22)21-7-3-6-14(18)11-21/h1-2,4-5,8,14,20H,3,6-7,10-11,18H2,(H2,19,22)/b16-8+/t14-/m1/s1. The van der Waals surface area contributed by atoms with Crippen LogP contribution in [0.4, 0.5) is 0 Å². The summed E-state index contributed by atoms with van der Waals surface area (Å²) in [4.78, 5) is 13.3. The second-order valence-electron chi connectivity index (χ2n) is 5.40.